The summed E-state index contributed by atoms with van der Waals surface area (Å²) >= 11 is 11.9. The average Bonchev–Trinajstić information content (AvgIpc) is 2.61. The van der Waals surface area contributed by atoms with Crippen molar-refractivity contribution in [1.82, 2.24) is 4.72 Å². The van der Waals surface area contributed by atoms with Gasteiger partial charge >= 0.3 is 0 Å². The molecular formula is C17H18Cl2N2O5S. The van der Waals surface area contributed by atoms with Gasteiger partial charge in [-0.3, -0.25) is 4.79 Å². The monoisotopic (exact) mass is 432 g/mol. The molecule has 0 fully saturated rings. The molecule has 0 bridgehead atoms. The quantitative estimate of drug-likeness (QED) is 0.699. The molecule has 2 rings (SSSR count). The molecule has 0 aliphatic carbocycles. The molecule has 0 aliphatic heterocycles. The normalized spacial score (nSPS) is 12.3. The molecule has 0 spiro atoms. The van der Waals surface area contributed by atoms with Crippen LogP contribution >= 0.6 is 23.2 Å². The van der Waals surface area contributed by atoms with Crippen molar-refractivity contribution in [3.05, 3.63) is 46.4 Å². The van der Waals surface area contributed by atoms with Crippen LogP contribution in [0.25, 0.3) is 0 Å². The first-order chi connectivity index (χ1) is 12.7. The van der Waals surface area contributed by atoms with Gasteiger partial charge in [0.25, 0.3) is 0 Å². The minimum atomic E-state index is -4.11. The molecule has 0 saturated carbocycles. The maximum Gasteiger partial charge on any atom is 0.244 e. The highest BCUT2D eigenvalue weighted by atomic mass is 35.5. The molecule has 0 radical (unpaired) electrons. The average molecular weight is 433 g/mol. The minimum absolute atomic E-state index is 0.0422. The summed E-state index contributed by atoms with van der Waals surface area (Å²) in [4.78, 5) is 12.1. The molecule has 0 aliphatic rings. The van der Waals surface area contributed by atoms with Gasteiger partial charge in [0.2, 0.25) is 15.9 Å². The number of hydrogen-bond acceptors (Lipinski definition) is 5. The van der Waals surface area contributed by atoms with Crippen molar-refractivity contribution in [2.24, 2.45) is 0 Å². The van der Waals surface area contributed by atoms with Crippen molar-refractivity contribution in [1.29, 1.82) is 0 Å². The summed E-state index contributed by atoms with van der Waals surface area (Å²) in [5.74, 6) is 0.323. The largest absolute Gasteiger partial charge is 0.497 e. The third-order valence-electron chi connectivity index (χ3n) is 3.58. The zero-order valence-electron chi connectivity index (χ0n) is 14.7. The number of anilines is 1. The Bertz CT molecular complexity index is 930. The van der Waals surface area contributed by atoms with Crippen LogP contribution < -0.4 is 19.5 Å². The van der Waals surface area contributed by atoms with E-state index in [-0.39, 0.29) is 14.9 Å². The maximum atomic E-state index is 12.5. The van der Waals surface area contributed by atoms with Gasteiger partial charge in [-0.1, -0.05) is 29.3 Å². The lowest BCUT2D eigenvalue weighted by Gasteiger charge is -2.17. The number of ether oxygens (including phenoxy) is 2. The topological polar surface area (TPSA) is 93.7 Å². The predicted octanol–water partition coefficient (Wildman–Crippen LogP) is 3.32. The summed E-state index contributed by atoms with van der Waals surface area (Å²) in [5, 5.41) is 2.52. The molecule has 0 heterocycles. The molecule has 0 unspecified atom stereocenters. The Labute approximate surface area is 167 Å². The van der Waals surface area contributed by atoms with Crippen molar-refractivity contribution < 1.29 is 22.7 Å². The van der Waals surface area contributed by atoms with Crippen LogP contribution in [-0.2, 0) is 14.8 Å². The number of methoxy groups -OCH3 is 2. The smallest absolute Gasteiger partial charge is 0.244 e. The van der Waals surface area contributed by atoms with E-state index in [1.54, 1.807) is 18.2 Å². The minimum Gasteiger partial charge on any atom is -0.497 e. The molecule has 2 aromatic rings. The van der Waals surface area contributed by atoms with Crippen molar-refractivity contribution >= 4 is 44.8 Å². The summed E-state index contributed by atoms with van der Waals surface area (Å²) in [5.41, 5.74) is 0.366. The Morgan fingerprint density at radius 2 is 1.70 bits per heavy atom. The highest BCUT2D eigenvalue weighted by molar-refractivity contribution is 7.89. The van der Waals surface area contributed by atoms with E-state index in [0.717, 1.165) is 0 Å². The Morgan fingerprint density at radius 1 is 1.07 bits per heavy atom. The molecule has 0 saturated heterocycles. The van der Waals surface area contributed by atoms with E-state index in [2.05, 4.69) is 10.0 Å². The van der Waals surface area contributed by atoms with Crippen LogP contribution in [-0.4, -0.2) is 34.6 Å². The first-order valence-corrected chi connectivity index (χ1v) is 9.92. The van der Waals surface area contributed by atoms with Gasteiger partial charge in [0.15, 0.2) is 0 Å². The fourth-order valence-electron chi connectivity index (χ4n) is 2.23. The number of carbonyl (C=O) groups is 1. The van der Waals surface area contributed by atoms with Gasteiger partial charge in [0, 0.05) is 6.07 Å². The number of benzene rings is 2. The van der Waals surface area contributed by atoms with E-state index < -0.39 is 22.0 Å². The Kier molecular flexibility index (Phi) is 6.94. The second-order valence-corrected chi connectivity index (χ2v) is 7.91. The number of amides is 1. The second-order valence-electron chi connectivity index (χ2n) is 5.45. The molecule has 7 nitrogen and oxygen atoms in total. The van der Waals surface area contributed by atoms with Crippen LogP contribution in [0.15, 0.2) is 41.3 Å². The summed E-state index contributed by atoms with van der Waals surface area (Å²) in [7, 11) is -1.17. The number of rotatable bonds is 7. The van der Waals surface area contributed by atoms with Gasteiger partial charge in [0.1, 0.15) is 16.4 Å². The van der Waals surface area contributed by atoms with E-state index in [0.29, 0.717) is 17.2 Å². The third-order valence-corrected chi connectivity index (χ3v) is 6.07. The van der Waals surface area contributed by atoms with Crippen LogP contribution in [0.1, 0.15) is 6.92 Å². The molecule has 10 heteroatoms. The molecule has 2 N–H and O–H groups in total. The van der Waals surface area contributed by atoms with Crippen LogP contribution in [0.3, 0.4) is 0 Å². The SMILES string of the molecule is COc1ccc(NC(=O)[C@@H](C)NS(=O)(=O)c2c(Cl)cccc2Cl)c(OC)c1. The molecule has 0 aromatic heterocycles. The van der Waals surface area contributed by atoms with Gasteiger partial charge in [-0.05, 0) is 31.2 Å². The van der Waals surface area contributed by atoms with Crippen LogP contribution in [0.4, 0.5) is 5.69 Å². The molecule has 2 aromatic carbocycles. The van der Waals surface area contributed by atoms with E-state index in [4.69, 9.17) is 32.7 Å². The molecule has 27 heavy (non-hydrogen) atoms. The lowest BCUT2D eigenvalue weighted by atomic mass is 10.2. The molecule has 146 valence electrons. The standard InChI is InChI=1S/C17H18Cl2N2O5S/c1-10(21-27(23,24)16-12(18)5-4-6-13(16)19)17(22)20-14-8-7-11(25-2)9-15(14)26-3/h4-10,21H,1-3H3,(H,20,22)/t10-/m1/s1. The predicted molar refractivity (Wildman–Crippen MR) is 104 cm³/mol. The first kappa shape index (κ1) is 21.3. The highest BCUT2D eigenvalue weighted by Crippen LogP contribution is 2.30. The van der Waals surface area contributed by atoms with Gasteiger partial charge < -0.3 is 14.8 Å². The Hall–Kier alpha value is -2.00. The summed E-state index contributed by atoms with van der Waals surface area (Å²) < 4.78 is 37.6. The Balaban J connectivity index is 2.19. The zero-order valence-corrected chi connectivity index (χ0v) is 17.1. The number of sulfonamides is 1. The van der Waals surface area contributed by atoms with Gasteiger partial charge in [-0.25, -0.2) is 8.42 Å². The van der Waals surface area contributed by atoms with Gasteiger partial charge in [-0.2, -0.15) is 4.72 Å². The van der Waals surface area contributed by atoms with Crippen molar-refractivity contribution in [3.8, 4) is 11.5 Å². The lowest BCUT2D eigenvalue weighted by molar-refractivity contribution is -0.117. The highest BCUT2D eigenvalue weighted by Gasteiger charge is 2.26. The molecule has 1 amide bonds. The maximum absolute atomic E-state index is 12.5. The van der Waals surface area contributed by atoms with E-state index in [9.17, 15) is 13.2 Å². The summed E-state index contributed by atoms with van der Waals surface area (Å²) in [6.07, 6.45) is 0. The number of carbonyl (C=O) groups excluding carboxylic acids is 1. The molecule has 1 atom stereocenters. The fourth-order valence-corrected chi connectivity index (χ4v) is 4.57. The summed E-state index contributed by atoms with van der Waals surface area (Å²) in [6.45, 7) is 1.40. The lowest BCUT2D eigenvalue weighted by Crippen LogP contribution is -2.41. The van der Waals surface area contributed by atoms with E-state index >= 15 is 0 Å². The molecular weight excluding hydrogens is 415 g/mol. The van der Waals surface area contributed by atoms with Crippen LogP contribution in [0.2, 0.25) is 10.0 Å². The fraction of sp³-hybridized carbons (Fsp3) is 0.235. The Morgan fingerprint density at radius 3 is 2.26 bits per heavy atom. The zero-order chi connectivity index (χ0) is 20.2. The van der Waals surface area contributed by atoms with E-state index in [1.807, 2.05) is 0 Å². The first-order valence-electron chi connectivity index (χ1n) is 7.69. The van der Waals surface area contributed by atoms with Crippen LogP contribution in [0, 0.1) is 0 Å². The van der Waals surface area contributed by atoms with Crippen molar-refractivity contribution in [2.45, 2.75) is 17.9 Å². The third kappa shape index (κ3) is 5.04. The van der Waals surface area contributed by atoms with Crippen molar-refractivity contribution in [3.63, 3.8) is 0 Å². The number of nitrogens with one attached hydrogen (secondary N) is 2. The number of halogens is 2. The van der Waals surface area contributed by atoms with Gasteiger partial charge in [-0.15, -0.1) is 0 Å². The second kappa shape index (κ2) is 8.79. The summed E-state index contributed by atoms with van der Waals surface area (Å²) in [6, 6.07) is 8.03. The van der Waals surface area contributed by atoms with Crippen molar-refractivity contribution in [2.75, 3.05) is 19.5 Å². The van der Waals surface area contributed by atoms with E-state index in [1.165, 1.54) is 39.3 Å². The number of hydrogen-bond donors (Lipinski definition) is 2. The van der Waals surface area contributed by atoms with Gasteiger partial charge in [0.05, 0.1) is 36.0 Å². The van der Waals surface area contributed by atoms with Crippen LogP contribution in [0.5, 0.6) is 11.5 Å².